The lowest BCUT2D eigenvalue weighted by molar-refractivity contribution is 0.327. The van der Waals surface area contributed by atoms with Gasteiger partial charge in [-0.05, 0) is 48.8 Å². The van der Waals surface area contributed by atoms with Crippen LogP contribution in [0.2, 0.25) is 0 Å². The Balaban J connectivity index is 2.08. The van der Waals surface area contributed by atoms with E-state index >= 15 is 0 Å². The lowest BCUT2D eigenvalue weighted by Crippen LogP contribution is -2.28. The zero-order valence-electron chi connectivity index (χ0n) is 14.2. The van der Waals surface area contributed by atoms with Gasteiger partial charge in [-0.2, -0.15) is 0 Å². The molecule has 0 heterocycles. The summed E-state index contributed by atoms with van der Waals surface area (Å²) in [5.41, 5.74) is 3.05. The van der Waals surface area contributed by atoms with Gasteiger partial charge in [0, 0.05) is 6.04 Å². The fourth-order valence-electron chi connectivity index (χ4n) is 3.57. The first-order valence-corrected chi connectivity index (χ1v) is 9.13. The minimum atomic E-state index is 0.530. The molecule has 21 heavy (non-hydrogen) atoms. The summed E-state index contributed by atoms with van der Waals surface area (Å²) in [6.45, 7) is 7.91. The van der Waals surface area contributed by atoms with E-state index in [0.717, 1.165) is 18.4 Å². The summed E-state index contributed by atoms with van der Waals surface area (Å²) >= 11 is 0. The van der Waals surface area contributed by atoms with Crippen molar-refractivity contribution < 1.29 is 0 Å². The summed E-state index contributed by atoms with van der Waals surface area (Å²) in [4.78, 5) is 0. The fraction of sp³-hybridized carbons (Fsp3) is 0.700. The van der Waals surface area contributed by atoms with Crippen molar-refractivity contribution >= 4 is 0 Å². The zero-order chi connectivity index (χ0) is 15.1. The second-order valence-corrected chi connectivity index (χ2v) is 6.64. The summed E-state index contributed by atoms with van der Waals surface area (Å²) in [6, 6.07) is 10.1. The van der Waals surface area contributed by atoms with Crippen LogP contribution in [0, 0.1) is 5.92 Å². The Bertz CT molecular complexity index is 391. The lowest BCUT2D eigenvalue weighted by Gasteiger charge is -2.29. The largest absolute Gasteiger partial charge is 0.310 e. The molecule has 1 aliphatic rings. The number of hydrogen-bond acceptors (Lipinski definition) is 1. The first-order valence-electron chi connectivity index (χ1n) is 9.13. The molecular weight excluding hydrogens is 254 g/mol. The maximum Gasteiger partial charge on any atom is 0.0348 e. The van der Waals surface area contributed by atoms with Crippen molar-refractivity contribution in [2.75, 3.05) is 6.54 Å². The Morgan fingerprint density at radius 1 is 1.10 bits per heavy atom. The third-order valence-corrected chi connectivity index (χ3v) is 5.22. The molecule has 118 valence electrons. The van der Waals surface area contributed by atoms with Crippen molar-refractivity contribution in [2.45, 2.75) is 77.7 Å². The van der Waals surface area contributed by atoms with Crippen LogP contribution < -0.4 is 5.32 Å². The van der Waals surface area contributed by atoms with Crippen molar-refractivity contribution in [3.05, 3.63) is 35.4 Å². The van der Waals surface area contributed by atoms with E-state index < -0.39 is 0 Å². The smallest absolute Gasteiger partial charge is 0.0348 e. The summed E-state index contributed by atoms with van der Waals surface area (Å²) in [5.74, 6) is 1.61. The van der Waals surface area contributed by atoms with Crippen molar-refractivity contribution in [2.24, 2.45) is 5.92 Å². The summed E-state index contributed by atoms with van der Waals surface area (Å²) < 4.78 is 0. The van der Waals surface area contributed by atoms with Crippen LogP contribution in [-0.2, 0) is 0 Å². The highest BCUT2D eigenvalue weighted by atomic mass is 14.9. The van der Waals surface area contributed by atoms with E-state index in [1.165, 1.54) is 50.5 Å². The molecule has 1 nitrogen and oxygen atoms in total. The van der Waals surface area contributed by atoms with Gasteiger partial charge in [-0.15, -0.1) is 0 Å². The van der Waals surface area contributed by atoms with Crippen LogP contribution in [0.5, 0.6) is 0 Å². The monoisotopic (exact) mass is 287 g/mol. The highest BCUT2D eigenvalue weighted by Crippen LogP contribution is 2.37. The van der Waals surface area contributed by atoms with Gasteiger partial charge in [-0.25, -0.2) is 0 Å². The molecule has 0 saturated heterocycles. The van der Waals surface area contributed by atoms with E-state index in [2.05, 4.69) is 50.4 Å². The molecule has 1 aromatic rings. The van der Waals surface area contributed by atoms with Gasteiger partial charge in [-0.3, -0.25) is 0 Å². The highest BCUT2D eigenvalue weighted by molar-refractivity contribution is 5.29. The van der Waals surface area contributed by atoms with Crippen LogP contribution in [-0.4, -0.2) is 6.54 Å². The van der Waals surface area contributed by atoms with Crippen LogP contribution in [0.4, 0.5) is 0 Å². The molecule has 1 aromatic carbocycles. The van der Waals surface area contributed by atoms with Crippen LogP contribution in [0.1, 0.15) is 88.8 Å². The molecule has 1 aliphatic carbocycles. The predicted octanol–water partition coefficient (Wildman–Crippen LogP) is 5.82. The van der Waals surface area contributed by atoms with Gasteiger partial charge in [0.1, 0.15) is 0 Å². The van der Waals surface area contributed by atoms with Crippen molar-refractivity contribution in [1.29, 1.82) is 0 Å². The maximum absolute atomic E-state index is 3.74. The Morgan fingerprint density at radius 2 is 1.81 bits per heavy atom. The standard InChI is InChI=1S/C20H33N/c1-4-7-9-16(5-2)20(21-6-3)19-14-12-18(13-15-19)17-10-8-11-17/h12-17,20-21H,4-11H2,1-3H3. The molecule has 0 bridgehead atoms. The van der Waals surface area contributed by atoms with Gasteiger partial charge in [0.25, 0.3) is 0 Å². The van der Waals surface area contributed by atoms with Gasteiger partial charge in [-0.1, -0.05) is 70.7 Å². The molecule has 0 aromatic heterocycles. The van der Waals surface area contributed by atoms with Crippen molar-refractivity contribution in [3.8, 4) is 0 Å². The van der Waals surface area contributed by atoms with Gasteiger partial charge in [0.2, 0.25) is 0 Å². The Hall–Kier alpha value is -0.820. The van der Waals surface area contributed by atoms with Crippen LogP contribution in [0.3, 0.4) is 0 Å². The van der Waals surface area contributed by atoms with Crippen LogP contribution in [0.15, 0.2) is 24.3 Å². The Kier molecular flexibility index (Phi) is 6.76. The SMILES string of the molecule is CCCCC(CC)C(NCC)c1ccc(C2CCC2)cc1. The van der Waals surface area contributed by atoms with Crippen molar-refractivity contribution in [1.82, 2.24) is 5.32 Å². The van der Waals surface area contributed by atoms with Gasteiger partial charge < -0.3 is 5.32 Å². The Morgan fingerprint density at radius 3 is 2.29 bits per heavy atom. The normalized spacial score (nSPS) is 18.2. The minimum absolute atomic E-state index is 0.530. The van der Waals surface area contributed by atoms with Gasteiger partial charge in [0.05, 0.1) is 0 Å². The number of rotatable bonds is 9. The first-order chi connectivity index (χ1) is 10.3. The summed E-state index contributed by atoms with van der Waals surface area (Å²) in [7, 11) is 0. The number of nitrogens with one attached hydrogen (secondary N) is 1. The molecule has 2 rings (SSSR count). The Labute approximate surface area is 131 Å². The molecule has 1 fully saturated rings. The van der Waals surface area contributed by atoms with E-state index in [9.17, 15) is 0 Å². The van der Waals surface area contributed by atoms with Crippen LogP contribution in [0.25, 0.3) is 0 Å². The summed E-state index contributed by atoms with van der Waals surface area (Å²) in [6.07, 6.45) is 9.46. The predicted molar refractivity (Wildman–Crippen MR) is 92.8 cm³/mol. The van der Waals surface area contributed by atoms with E-state index in [1.807, 2.05) is 0 Å². The molecule has 2 atom stereocenters. The van der Waals surface area contributed by atoms with E-state index in [0.29, 0.717) is 6.04 Å². The molecule has 0 radical (unpaired) electrons. The van der Waals surface area contributed by atoms with Crippen molar-refractivity contribution in [3.63, 3.8) is 0 Å². The molecule has 0 amide bonds. The first kappa shape index (κ1) is 16.5. The molecule has 1 heteroatoms. The fourth-order valence-corrected chi connectivity index (χ4v) is 3.57. The third-order valence-electron chi connectivity index (χ3n) is 5.22. The average Bonchev–Trinajstić information content (AvgIpc) is 2.46. The van der Waals surface area contributed by atoms with Gasteiger partial charge >= 0.3 is 0 Å². The maximum atomic E-state index is 3.74. The molecule has 1 N–H and O–H groups in total. The molecule has 0 aliphatic heterocycles. The van der Waals surface area contributed by atoms with E-state index in [1.54, 1.807) is 5.56 Å². The lowest BCUT2D eigenvalue weighted by atomic mass is 9.79. The third kappa shape index (κ3) is 4.32. The number of benzene rings is 1. The second kappa shape index (κ2) is 8.58. The van der Waals surface area contributed by atoms with Gasteiger partial charge in [0.15, 0.2) is 0 Å². The second-order valence-electron chi connectivity index (χ2n) is 6.64. The molecular formula is C20H33N. The number of hydrogen-bond donors (Lipinski definition) is 1. The van der Waals surface area contributed by atoms with Crippen LogP contribution >= 0.6 is 0 Å². The highest BCUT2D eigenvalue weighted by Gasteiger charge is 2.22. The van der Waals surface area contributed by atoms with E-state index in [-0.39, 0.29) is 0 Å². The minimum Gasteiger partial charge on any atom is -0.310 e. The quantitative estimate of drug-likeness (QED) is 0.603. The average molecular weight is 287 g/mol. The zero-order valence-corrected chi connectivity index (χ0v) is 14.2. The molecule has 0 spiro atoms. The molecule has 2 unspecified atom stereocenters. The topological polar surface area (TPSA) is 12.0 Å². The molecule has 1 saturated carbocycles. The number of unbranched alkanes of at least 4 members (excludes halogenated alkanes) is 1. The van der Waals surface area contributed by atoms with E-state index in [4.69, 9.17) is 0 Å². The summed E-state index contributed by atoms with van der Waals surface area (Å²) in [5, 5.41) is 3.74.